The van der Waals surface area contributed by atoms with Crippen LogP contribution in [0.15, 0.2) is 84.9 Å². The van der Waals surface area contributed by atoms with E-state index >= 15 is 0 Å². The summed E-state index contributed by atoms with van der Waals surface area (Å²) in [7, 11) is 0. The zero-order valence-corrected chi connectivity index (χ0v) is 17.7. The van der Waals surface area contributed by atoms with Gasteiger partial charge in [0.05, 0.1) is 17.8 Å². The molecule has 3 aromatic carbocycles. The number of rotatable bonds is 5. The maximum atomic E-state index is 12.8. The monoisotopic (exact) mass is 417 g/mol. The number of fused-ring (bicyclic) bond motifs is 3. The fourth-order valence-corrected chi connectivity index (χ4v) is 4.00. The lowest BCUT2D eigenvalue weighted by Gasteiger charge is -2.20. The van der Waals surface area contributed by atoms with Crippen LogP contribution >= 0.6 is 0 Å². The van der Waals surface area contributed by atoms with Crippen LogP contribution < -0.4 is 5.32 Å². The highest BCUT2D eigenvalue weighted by Gasteiger charge is 2.21. The minimum absolute atomic E-state index is 0.101. The Kier molecular flexibility index (Phi) is 5.58. The van der Waals surface area contributed by atoms with E-state index in [2.05, 4.69) is 23.5 Å². The van der Waals surface area contributed by atoms with Crippen LogP contribution in [-0.2, 0) is 24.1 Å². The van der Waals surface area contributed by atoms with Crippen LogP contribution in [0.4, 0.5) is 5.82 Å². The molecule has 32 heavy (non-hydrogen) atoms. The Labute approximate surface area is 187 Å². The number of benzene rings is 3. The van der Waals surface area contributed by atoms with Crippen molar-refractivity contribution in [3.8, 4) is 11.3 Å². The zero-order chi connectivity index (χ0) is 21.8. The van der Waals surface area contributed by atoms with Crippen LogP contribution in [-0.4, -0.2) is 15.9 Å². The summed E-state index contributed by atoms with van der Waals surface area (Å²) in [5.41, 5.74) is 6.92. The molecule has 1 aliphatic rings. The molecule has 0 spiro atoms. The van der Waals surface area contributed by atoms with Crippen molar-refractivity contribution in [1.82, 2.24) is 9.97 Å². The predicted octanol–water partition coefficient (Wildman–Crippen LogP) is 5.59. The highest BCUT2D eigenvalue weighted by atomic mass is 16.1. The summed E-state index contributed by atoms with van der Waals surface area (Å²) >= 11 is 0. The van der Waals surface area contributed by atoms with Crippen LogP contribution in [0.5, 0.6) is 0 Å². The van der Waals surface area contributed by atoms with Gasteiger partial charge in [0.25, 0.3) is 0 Å². The topological polar surface area (TPSA) is 54.9 Å². The number of hydrogen-bond acceptors (Lipinski definition) is 3. The quantitative estimate of drug-likeness (QED) is 0.460. The molecule has 1 aromatic heterocycles. The van der Waals surface area contributed by atoms with Crippen molar-refractivity contribution >= 4 is 23.9 Å². The summed E-state index contributed by atoms with van der Waals surface area (Å²) in [6, 6.07) is 28.1. The molecule has 1 amide bonds. The molecule has 156 valence electrons. The van der Waals surface area contributed by atoms with E-state index in [-0.39, 0.29) is 5.91 Å². The Morgan fingerprint density at radius 2 is 1.53 bits per heavy atom. The van der Waals surface area contributed by atoms with Gasteiger partial charge in [0.2, 0.25) is 5.91 Å². The molecular weight excluding hydrogens is 394 g/mol. The van der Waals surface area contributed by atoms with E-state index in [1.165, 1.54) is 5.56 Å². The highest BCUT2D eigenvalue weighted by Crippen LogP contribution is 2.33. The van der Waals surface area contributed by atoms with Crippen LogP contribution in [0, 0.1) is 0 Å². The molecule has 0 saturated carbocycles. The molecule has 1 N–H and O–H groups in total. The van der Waals surface area contributed by atoms with E-state index < -0.39 is 0 Å². The van der Waals surface area contributed by atoms with E-state index in [1.54, 1.807) is 0 Å². The highest BCUT2D eigenvalue weighted by molar-refractivity contribution is 5.93. The second-order valence-electron chi connectivity index (χ2n) is 7.86. The lowest BCUT2D eigenvalue weighted by atomic mass is 9.92. The van der Waals surface area contributed by atoms with E-state index in [0.29, 0.717) is 17.9 Å². The molecule has 0 bridgehead atoms. The number of nitrogens with one attached hydrogen (secondary N) is 1. The molecule has 0 saturated heterocycles. The number of hydrogen-bond donors (Lipinski definition) is 1. The molecule has 0 unspecified atom stereocenters. The number of aromatic nitrogens is 2. The summed E-state index contributed by atoms with van der Waals surface area (Å²) in [6.45, 7) is 0. The number of aryl methyl sites for hydroxylation is 2. The largest absolute Gasteiger partial charge is 0.309 e. The summed E-state index contributed by atoms with van der Waals surface area (Å²) in [6.07, 6.45) is 5.96. The number of carbonyl (C=O) groups is 1. The van der Waals surface area contributed by atoms with Gasteiger partial charge in [-0.1, -0.05) is 91.0 Å². The Morgan fingerprint density at radius 1 is 0.812 bits per heavy atom. The minimum atomic E-state index is -0.101. The minimum Gasteiger partial charge on any atom is -0.309 e. The van der Waals surface area contributed by atoms with E-state index in [1.807, 2.05) is 78.9 Å². The average Bonchev–Trinajstić information content (AvgIpc) is 2.84. The Hall–Kier alpha value is -4.05. The van der Waals surface area contributed by atoms with Crippen molar-refractivity contribution in [3.63, 3.8) is 0 Å². The van der Waals surface area contributed by atoms with Gasteiger partial charge in [-0.3, -0.25) is 4.79 Å². The van der Waals surface area contributed by atoms with Crippen molar-refractivity contribution < 1.29 is 4.79 Å². The second kappa shape index (κ2) is 8.98. The van der Waals surface area contributed by atoms with Gasteiger partial charge in [0.15, 0.2) is 5.82 Å². The summed E-state index contributed by atoms with van der Waals surface area (Å²) < 4.78 is 0. The molecule has 0 fully saturated rings. The standard InChI is InChI=1S/C28H23N3O/c32-26(19-21-11-5-2-6-12-21)31-28-25(17-15-20-9-3-1-4-10-20)29-27-23-14-8-7-13-22(23)16-18-24(27)30-28/h1-15,17H,16,18-19H2,(H,30,31,32). The molecule has 0 radical (unpaired) electrons. The van der Waals surface area contributed by atoms with Gasteiger partial charge in [-0.15, -0.1) is 0 Å². The number of carbonyl (C=O) groups excluding carboxylic acids is 1. The van der Waals surface area contributed by atoms with Crippen molar-refractivity contribution in [1.29, 1.82) is 0 Å². The lowest BCUT2D eigenvalue weighted by Crippen LogP contribution is -2.19. The maximum Gasteiger partial charge on any atom is 0.230 e. The zero-order valence-electron chi connectivity index (χ0n) is 17.7. The van der Waals surface area contributed by atoms with Gasteiger partial charge < -0.3 is 5.32 Å². The van der Waals surface area contributed by atoms with Gasteiger partial charge in [0.1, 0.15) is 5.69 Å². The number of amides is 1. The molecule has 4 heteroatoms. The second-order valence-corrected chi connectivity index (χ2v) is 7.86. The van der Waals surface area contributed by atoms with Crippen molar-refractivity contribution in [2.75, 3.05) is 5.32 Å². The fraction of sp³-hybridized carbons (Fsp3) is 0.107. The normalized spacial score (nSPS) is 12.2. The van der Waals surface area contributed by atoms with Crippen molar-refractivity contribution in [2.24, 2.45) is 0 Å². The Balaban J connectivity index is 1.51. The van der Waals surface area contributed by atoms with Gasteiger partial charge in [-0.25, -0.2) is 9.97 Å². The van der Waals surface area contributed by atoms with E-state index in [9.17, 15) is 4.79 Å². The molecule has 0 atom stereocenters. The molecule has 4 aromatic rings. The number of anilines is 1. The first-order chi connectivity index (χ1) is 15.8. The average molecular weight is 418 g/mol. The van der Waals surface area contributed by atoms with Crippen molar-refractivity contribution in [3.05, 3.63) is 113 Å². The molecule has 1 heterocycles. The summed E-state index contributed by atoms with van der Waals surface area (Å²) in [5, 5.41) is 3.01. The fourth-order valence-electron chi connectivity index (χ4n) is 4.00. The molecule has 5 rings (SSSR count). The smallest absolute Gasteiger partial charge is 0.230 e. The Bertz CT molecular complexity index is 1280. The van der Waals surface area contributed by atoms with Gasteiger partial charge in [-0.05, 0) is 35.6 Å². The number of nitrogens with zero attached hydrogens (tertiary/aromatic N) is 2. The third-order valence-electron chi connectivity index (χ3n) is 5.60. The van der Waals surface area contributed by atoms with Crippen LogP contribution in [0.2, 0.25) is 0 Å². The van der Waals surface area contributed by atoms with Crippen LogP contribution in [0.1, 0.15) is 28.1 Å². The van der Waals surface area contributed by atoms with E-state index in [4.69, 9.17) is 9.97 Å². The Morgan fingerprint density at radius 3 is 2.34 bits per heavy atom. The first kappa shape index (κ1) is 19.9. The first-order valence-corrected chi connectivity index (χ1v) is 10.8. The molecule has 4 nitrogen and oxygen atoms in total. The van der Waals surface area contributed by atoms with Crippen LogP contribution in [0.3, 0.4) is 0 Å². The van der Waals surface area contributed by atoms with Crippen LogP contribution in [0.25, 0.3) is 23.4 Å². The van der Waals surface area contributed by atoms with Gasteiger partial charge >= 0.3 is 0 Å². The van der Waals surface area contributed by atoms with Crippen molar-refractivity contribution in [2.45, 2.75) is 19.3 Å². The third kappa shape index (κ3) is 4.35. The lowest BCUT2D eigenvalue weighted by molar-refractivity contribution is -0.115. The summed E-state index contributed by atoms with van der Waals surface area (Å²) in [4.78, 5) is 22.6. The third-order valence-corrected chi connectivity index (χ3v) is 5.60. The molecule has 1 aliphatic carbocycles. The first-order valence-electron chi connectivity index (χ1n) is 10.8. The van der Waals surface area contributed by atoms with E-state index in [0.717, 1.165) is 40.9 Å². The summed E-state index contributed by atoms with van der Waals surface area (Å²) in [5.74, 6) is 0.410. The van der Waals surface area contributed by atoms with Gasteiger partial charge in [0, 0.05) is 5.56 Å². The molecular formula is C28H23N3O. The maximum absolute atomic E-state index is 12.8. The van der Waals surface area contributed by atoms with Gasteiger partial charge in [-0.2, -0.15) is 0 Å². The SMILES string of the molecule is O=C(Cc1ccccc1)Nc1nc2c(nc1C=Cc1ccccc1)-c1ccccc1CC2. The predicted molar refractivity (Wildman–Crippen MR) is 129 cm³/mol. The molecule has 0 aliphatic heterocycles.